The molecule has 0 bridgehead atoms. The van der Waals surface area contributed by atoms with Gasteiger partial charge in [0.15, 0.2) is 5.82 Å². The fourth-order valence-corrected chi connectivity index (χ4v) is 5.20. The largest absolute Gasteiger partial charge is 0.326 e. The van der Waals surface area contributed by atoms with E-state index in [0.29, 0.717) is 23.4 Å². The minimum Gasteiger partial charge on any atom is -0.326 e. The second-order valence-corrected chi connectivity index (χ2v) is 10.4. The molecule has 1 aliphatic heterocycles. The quantitative estimate of drug-likeness (QED) is 0.373. The minimum absolute atomic E-state index is 0.242. The van der Waals surface area contributed by atoms with Crippen molar-refractivity contribution in [3.63, 3.8) is 0 Å². The monoisotopic (exact) mass is 502 g/mol. The van der Waals surface area contributed by atoms with Crippen molar-refractivity contribution in [1.29, 1.82) is 0 Å². The Kier molecular flexibility index (Phi) is 7.17. The third-order valence-corrected chi connectivity index (χ3v) is 7.16. The Bertz CT molecular complexity index is 1370. The van der Waals surface area contributed by atoms with Gasteiger partial charge >= 0.3 is 0 Å². The maximum Gasteiger partial charge on any atom is 0.229 e. The van der Waals surface area contributed by atoms with Crippen LogP contribution < -0.4 is 5.32 Å². The number of hydrogen-bond donors (Lipinski definition) is 1. The predicted molar refractivity (Wildman–Crippen MR) is 145 cm³/mol. The van der Waals surface area contributed by atoms with Crippen molar-refractivity contribution < 1.29 is 4.39 Å². The molecule has 37 heavy (non-hydrogen) atoms. The molecule has 5 rings (SSSR count). The zero-order valence-electron chi connectivity index (χ0n) is 22.2. The number of nitrogens with one attached hydrogen (secondary N) is 1. The van der Waals surface area contributed by atoms with E-state index in [-0.39, 0.29) is 11.7 Å². The van der Waals surface area contributed by atoms with E-state index < -0.39 is 5.82 Å². The molecule has 0 atom stereocenters. The molecule has 194 valence electrons. The molecule has 3 aromatic heterocycles. The van der Waals surface area contributed by atoms with E-state index in [0.717, 1.165) is 36.5 Å². The van der Waals surface area contributed by atoms with Gasteiger partial charge in [0.25, 0.3) is 0 Å². The molecular weight excluding hydrogens is 467 g/mol. The number of anilines is 2. The zero-order chi connectivity index (χ0) is 26.1. The molecule has 0 unspecified atom stereocenters. The lowest BCUT2D eigenvalue weighted by Crippen LogP contribution is -2.41. The predicted octanol–water partition coefficient (Wildman–Crippen LogP) is 5.19. The zero-order valence-corrected chi connectivity index (χ0v) is 22.2. The summed E-state index contributed by atoms with van der Waals surface area (Å²) in [7, 11) is 4.32. The van der Waals surface area contributed by atoms with E-state index >= 15 is 0 Å². The SMILES string of the molecule is Cc1nc2ccc(-c3nc(Nc4ccc(CN5CCC(N(C)C)CC5)cn4)ncc3F)cc2n1C(C)C. The van der Waals surface area contributed by atoms with Gasteiger partial charge in [0.05, 0.1) is 17.2 Å². The van der Waals surface area contributed by atoms with E-state index in [1.54, 1.807) is 0 Å². The average Bonchev–Trinajstić information content (AvgIpc) is 3.22. The highest BCUT2D eigenvalue weighted by molar-refractivity contribution is 5.82. The molecule has 0 spiro atoms. The Morgan fingerprint density at radius 2 is 1.84 bits per heavy atom. The fourth-order valence-electron chi connectivity index (χ4n) is 5.20. The number of rotatable bonds is 7. The molecule has 4 heterocycles. The molecule has 0 aliphatic carbocycles. The highest BCUT2D eigenvalue weighted by Gasteiger charge is 2.20. The first-order valence-corrected chi connectivity index (χ1v) is 12.9. The van der Waals surface area contributed by atoms with Gasteiger partial charge in [-0.15, -0.1) is 0 Å². The topological polar surface area (TPSA) is 75.0 Å². The summed E-state index contributed by atoms with van der Waals surface area (Å²) >= 11 is 0. The van der Waals surface area contributed by atoms with Crippen LogP contribution in [0.15, 0.2) is 42.7 Å². The van der Waals surface area contributed by atoms with Crippen LogP contribution in [0.2, 0.25) is 0 Å². The average molecular weight is 503 g/mol. The number of aryl methyl sites for hydroxylation is 1. The van der Waals surface area contributed by atoms with Crippen molar-refractivity contribution in [2.45, 2.75) is 52.2 Å². The molecule has 0 amide bonds. The van der Waals surface area contributed by atoms with Gasteiger partial charge in [0.2, 0.25) is 5.95 Å². The number of benzene rings is 1. The summed E-state index contributed by atoms with van der Waals surface area (Å²) in [6.07, 6.45) is 5.47. The van der Waals surface area contributed by atoms with Crippen molar-refractivity contribution in [1.82, 2.24) is 34.3 Å². The van der Waals surface area contributed by atoms with E-state index in [9.17, 15) is 4.39 Å². The lowest BCUT2D eigenvalue weighted by Gasteiger charge is -2.35. The summed E-state index contributed by atoms with van der Waals surface area (Å²) in [6.45, 7) is 9.28. The molecule has 0 saturated carbocycles. The molecule has 1 aromatic carbocycles. The molecule has 4 aromatic rings. The highest BCUT2D eigenvalue weighted by Crippen LogP contribution is 2.28. The van der Waals surface area contributed by atoms with Crippen LogP contribution in [0.4, 0.5) is 16.2 Å². The maximum absolute atomic E-state index is 14.8. The summed E-state index contributed by atoms with van der Waals surface area (Å²) in [5.41, 5.74) is 3.93. The summed E-state index contributed by atoms with van der Waals surface area (Å²) in [5, 5.41) is 3.12. The van der Waals surface area contributed by atoms with Gasteiger partial charge < -0.3 is 14.8 Å². The number of pyridine rings is 1. The molecule has 1 aliphatic rings. The highest BCUT2D eigenvalue weighted by atomic mass is 19.1. The van der Waals surface area contributed by atoms with Crippen molar-refractivity contribution in [3.05, 3.63) is 59.9 Å². The Morgan fingerprint density at radius 3 is 2.51 bits per heavy atom. The lowest BCUT2D eigenvalue weighted by molar-refractivity contribution is 0.140. The third kappa shape index (κ3) is 5.47. The normalized spacial score (nSPS) is 15.2. The maximum atomic E-state index is 14.8. The van der Waals surface area contributed by atoms with Crippen molar-refractivity contribution in [2.24, 2.45) is 0 Å². The van der Waals surface area contributed by atoms with Crippen molar-refractivity contribution >= 4 is 22.8 Å². The van der Waals surface area contributed by atoms with Crippen LogP contribution in [0.1, 0.15) is 44.1 Å². The molecular formula is C28H35FN8. The van der Waals surface area contributed by atoms with Gasteiger partial charge in [0.1, 0.15) is 17.3 Å². The number of imidazole rings is 1. The minimum atomic E-state index is -0.474. The van der Waals surface area contributed by atoms with Gasteiger partial charge in [-0.05, 0) is 84.6 Å². The lowest BCUT2D eigenvalue weighted by atomic mass is 10.0. The number of fused-ring (bicyclic) bond motifs is 1. The summed E-state index contributed by atoms with van der Waals surface area (Å²) in [6, 6.07) is 10.6. The van der Waals surface area contributed by atoms with E-state index in [1.807, 2.05) is 37.4 Å². The fraction of sp³-hybridized carbons (Fsp3) is 0.429. The number of piperidine rings is 1. The van der Waals surface area contributed by atoms with Crippen LogP contribution in [-0.4, -0.2) is 67.5 Å². The van der Waals surface area contributed by atoms with E-state index in [1.165, 1.54) is 24.6 Å². The van der Waals surface area contributed by atoms with E-state index in [4.69, 9.17) is 0 Å². The molecule has 1 N–H and O–H groups in total. The van der Waals surface area contributed by atoms with Gasteiger partial charge in [-0.3, -0.25) is 4.90 Å². The Hall–Kier alpha value is -3.43. The van der Waals surface area contributed by atoms with Gasteiger partial charge in [-0.1, -0.05) is 12.1 Å². The van der Waals surface area contributed by atoms with Crippen LogP contribution in [0, 0.1) is 12.7 Å². The Balaban J connectivity index is 1.30. The van der Waals surface area contributed by atoms with Crippen LogP contribution in [0.25, 0.3) is 22.3 Å². The first-order chi connectivity index (χ1) is 17.8. The number of likely N-dealkylation sites (tertiary alicyclic amines) is 1. The van der Waals surface area contributed by atoms with Crippen LogP contribution in [0.5, 0.6) is 0 Å². The number of aromatic nitrogens is 5. The summed E-state index contributed by atoms with van der Waals surface area (Å²) < 4.78 is 17.0. The molecule has 1 fully saturated rings. The van der Waals surface area contributed by atoms with Crippen LogP contribution >= 0.6 is 0 Å². The second kappa shape index (κ2) is 10.5. The van der Waals surface area contributed by atoms with Crippen molar-refractivity contribution in [2.75, 3.05) is 32.5 Å². The number of halogens is 1. The molecule has 1 saturated heterocycles. The first kappa shape index (κ1) is 25.2. The second-order valence-electron chi connectivity index (χ2n) is 10.4. The molecule has 0 radical (unpaired) electrons. The number of hydrogen-bond acceptors (Lipinski definition) is 7. The van der Waals surface area contributed by atoms with Crippen LogP contribution in [0.3, 0.4) is 0 Å². The smallest absolute Gasteiger partial charge is 0.229 e. The number of nitrogens with zero attached hydrogens (tertiary/aromatic N) is 7. The Labute approximate surface area is 217 Å². The third-order valence-electron chi connectivity index (χ3n) is 7.16. The van der Waals surface area contributed by atoms with Gasteiger partial charge in [-0.25, -0.2) is 24.3 Å². The summed E-state index contributed by atoms with van der Waals surface area (Å²) in [5.74, 6) is 1.38. The van der Waals surface area contributed by atoms with Gasteiger partial charge in [-0.2, -0.15) is 0 Å². The Morgan fingerprint density at radius 1 is 1.05 bits per heavy atom. The van der Waals surface area contributed by atoms with Crippen molar-refractivity contribution in [3.8, 4) is 11.3 Å². The standard InChI is InChI=1S/C28H35FN8/c1-18(2)37-19(3)32-24-8-7-21(14-25(24)37)27-23(29)16-31-28(34-27)33-26-9-6-20(15-30-26)17-36-12-10-22(11-13-36)35(4)5/h6-9,14-16,18,22H,10-13,17H2,1-5H3,(H,30,31,33,34). The molecule has 9 heteroatoms. The summed E-state index contributed by atoms with van der Waals surface area (Å²) in [4.78, 5) is 22.6. The first-order valence-electron chi connectivity index (χ1n) is 12.9. The van der Waals surface area contributed by atoms with Gasteiger partial charge in [0, 0.05) is 30.4 Å². The molecule has 8 nitrogen and oxygen atoms in total. The van der Waals surface area contributed by atoms with Crippen LogP contribution in [-0.2, 0) is 6.54 Å². The van der Waals surface area contributed by atoms with E-state index in [2.05, 4.69) is 73.6 Å².